The number of nitrogens with zero attached hydrogens (tertiary/aromatic N) is 3. The van der Waals surface area contributed by atoms with Crippen LogP contribution in [0.4, 0.5) is 16.2 Å². The van der Waals surface area contributed by atoms with Gasteiger partial charge in [-0.25, -0.2) is 9.69 Å². The second-order valence-electron chi connectivity index (χ2n) is 9.52. The van der Waals surface area contributed by atoms with Crippen molar-refractivity contribution in [3.8, 4) is 16.9 Å². The van der Waals surface area contributed by atoms with Gasteiger partial charge < -0.3 is 9.64 Å². The minimum atomic E-state index is -0.333. The summed E-state index contributed by atoms with van der Waals surface area (Å²) in [5, 5.41) is 0. The Bertz CT molecular complexity index is 1170. The zero-order valence-corrected chi connectivity index (χ0v) is 20.8. The molecule has 36 heavy (non-hydrogen) atoms. The highest BCUT2D eigenvalue weighted by molar-refractivity contribution is 6.27. The van der Waals surface area contributed by atoms with E-state index in [0.717, 1.165) is 42.8 Å². The largest absolute Gasteiger partial charge is 0.490 e. The number of hydrogen-bond acceptors (Lipinski definition) is 4. The lowest BCUT2D eigenvalue weighted by atomic mass is 10.1. The van der Waals surface area contributed by atoms with Crippen LogP contribution in [0.15, 0.2) is 78.9 Å². The van der Waals surface area contributed by atoms with Gasteiger partial charge in [0, 0.05) is 18.8 Å². The van der Waals surface area contributed by atoms with Crippen molar-refractivity contribution in [3.05, 3.63) is 78.9 Å². The van der Waals surface area contributed by atoms with Crippen LogP contribution in [-0.4, -0.2) is 49.1 Å². The van der Waals surface area contributed by atoms with Crippen LogP contribution in [0.25, 0.3) is 11.1 Å². The summed E-state index contributed by atoms with van der Waals surface area (Å²) in [6.45, 7) is 5.58. The Morgan fingerprint density at radius 1 is 0.806 bits per heavy atom. The first-order chi connectivity index (χ1) is 17.6. The Balaban J connectivity index is 1.20. The van der Waals surface area contributed by atoms with Crippen molar-refractivity contribution in [1.29, 1.82) is 0 Å². The maximum absolute atomic E-state index is 13.2. The van der Waals surface area contributed by atoms with Crippen molar-refractivity contribution in [2.24, 2.45) is 0 Å². The molecule has 2 heterocycles. The number of ether oxygens (including phenoxy) is 1. The predicted octanol–water partition coefficient (Wildman–Crippen LogP) is 5.97. The Labute approximate surface area is 213 Å². The fourth-order valence-corrected chi connectivity index (χ4v) is 4.92. The number of rotatable bonds is 8. The SMILES string of the molecule is CCCCN1CCC(Oc2ccc(N3CC(=O)N(c4ccc(-c5ccccc5)cc4)C3=O)cc2)CC1. The van der Waals surface area contributed by atoms with E-state index in [9.17, 15) is 9.59 Å². The molecule has 3 aromatic carbocycles. The number of benzene rings is 3. The molecule has 0 aliphatic carbocycles. The summed E-state index contributed by atoms with van der Waals surface area (Å²) in [6.07, 6.45) is 4.76. The number of hydrogen-bond donors (Lipinski definition) is 0. The molecule has 3 aromatic rings. The average molecular weight is 484 g/mol. The van der Waals surface area contributed by atoms with Crippen molar-refractivity contribution in [3.63, 3.8) is 0 Å². The Morgan fingerprint density at radius 3 is 2.11 bits per heavy atom. The Morgan fingerprint density at radius 2 is 1.44 bits per heavy atom. The first-order valence-corrected chi connectivity index (χ1v) is 12.9. The molecule has 2 aliphatic rings. The van der Waals surface area contributed by atoms with Gasteiger partial charge in [0.1, 0.15) is 18.4 Å². The van der Waals surface area contributed by atoms with E-state index in [1.165, 1.54) is 29.2 Å². The molecule has 0 spiro atoms. The minimum absolute atomic E-state index is 0.0235. The predicted molar refractivity (Wildman–Crippen MR) is 144 cm³/mol. The molecule has 0 atom stereocenters. The van der Waals surface area contributed by atoms with Gasteiger partial charge in [0.25, 0.3) is 5.91 Å². The van der Waals surface area contributed by atoms with E-state index in [4.69, 9.17) is 4.74 Å². The van der Waals surface area contributed by atoms with Crippen LogP contribution in [0.5, 0.6) is 5.75 Å². The van der Waals surface area contributed by atoms with Crippen LogP contribution in [0.2, 0.25) is 0 Å². The van der Waals surface area contributed by atoms with E-state index >= 15 is 0 Å². The fourth-order valence-electron chi connectivity index (χ4n) is 4.92. The molecule has 6 heteroatoms. The monoisotopic (exact) mass is 483 g/mol. The van der Waals surface area contributed by atoms with Crippen LogP contribution in [0.3, 0.4) is 0 Å². The first-order valence-electron chi connectivity index (χ1n) is 12.9. The number of likely N-dealkylation sites (tertiary alicyclic amines) is 1. The Hall–Kier alpha value is -3.64. The summed E-state index contributed by atoms with van der Waals surface area (Å²) in [6, 6.07) is 24.7. The van der Waals surface area contributed by atoms with Crippen LogP contribution in [0.1, 0.15) is 32.6 Å². The molecule has 2 fully saturated rings. The molecular formula is C30H33N3O3. The Kier molecular flexibility index (Phi) is 7.33. The van der Waals surface area contributed by atoms with Crippen molar-refractivity contribution < 1.29 is 14.3 Å². The summed E-state index contributed by atoms with van der Waals surface area (Å²) in [5.74, 6) is 0.569. The highest BCUT2D eigenvalue weighted by Gasteiger charge is 2.38. The summed E-state index contributed by atoms with van der Waals surface area (Å²) in [5.41, 5.74) is 3.41. The molecule has 5 rings (SSSR count). The summed E-state index contributed by atoms with van der Waals surface area (Å²) in [7, 11) is 0. The fraction of sp³-hybridized carbons (Fsp3) is 0.333. The van der Waals surface area contributed by atoms with Crippen LogP contribution < -0.4 is 14.5 Å². The van der Waals surface area contributed by atoms with Gasteiger partial charge in [-0.2, -0.15) is 0 Å². The van der Waals surface area contributed by atoms with Gasteiger partial charge in [-0.15, -0.1) is 0 Å². The molecule has 0 saturated carbocycles. The minimum Gasteiger partial charge on any atom is -0.490 e. The molecule has 3 amide bonds. The third-order valence-electron chi connectivity index (χ3n) is 7.01. The molecular weight excluding hydrogens is 450 g/mol. The third-order valence-corrected chi connectivity index (χ3v) is 7.01. The van der Waals surface area contributed by atoms with E-state index in [1.54, 1.807) is 0 Å². The van der Waals surface area contributed by atoms with E-state index in [0.29, 0.717) is 11.4 Å². The molecule has 0 unspecified atom stereocenters. The van der Waals surface area contributed by atoms with E-state index in [1.807, 2.05) is 78.9 Å². The van der Waals surface area contributed by atoms with Gasteiger partial charge in [-0.05, 0) is 73.3 Å². The van der Waals surface area contributed by atoms with Crippen LogP contribution in [0, 0.1) is 0 Å². The van der Waals surface area contributed by atoms with Gasteiger partial charge in [0.05, 0.1) is 5.69 Å². The number of piperidine rings is 1. The molecule has 0 radical (unpaired) electrons. The zero-order chi connectivity index (χ0) is 24.9. The summed E-state index contributed by atoms with van der Waals surface area (Å²) < 4.78 is 6.20. The quantitative estimate of drug-likeness (QED) is 0.371. The van der Waals surface area contributed by atoms with Gasteiger partial charge in [0.2, 0.25) is 0 Å². The number of carbonyl (C=O) groups excluding carboxylic acids is 2. The van der Waals surface area contributed by atoms with Crippen molar-refractivity contribution in [2.45, 2.75) is 38.7 Å². The maximum Gasteiger partial charge on any atom is 0.336 e. The van der Waals surface area contributed by atoms with Crippen molar-refractivity contribution in [2.75, 3.05) is 36.0 Å². The highest BCUT2D eigenvalue weighted by Crippen LogP contribution is 2.30. The van der Waals surface area contributed by atoms with Crippen molar-refractivity contribution >= 4 is 23.3 Å². The topological polar surface area (TPSA) is 53.1 Å². The van der Waals surface area contributed by atoms with Gasteiger partial charge in [-0.3, -0.25) is 9.69 Å². The standard InChI is InChI=1S/C30H33N3O3/c1-2-3-19-31-20-17-28(18-21-31)36-27-15-13-25(14-16-27)32-22-29(34)33(30(32)35)26-11-9-24(10-12-26)23-7-5-4-6-8-23/h4-16,28H,2-3,17-22H2,1H3. The number of carbonyl (C=O) groups is 2. The lowest BCUT2D eigenvalue weighted by Crippen LogP contribution is -2.38. The molecule has 0 bridgehead atoms. The van der Waals surface area contributed by atoms with Gasteiger partial charge in [-0.1, -0.05) is 55.8 Å². The molecule has 0 N–H and O–H groups in total. The maximum atomic E-state index is 13.2. The summed E-state index contributed by atoms with van der Waals surface area (Å²) in [4.78, 5) is 31.2. The highest BCUT2D eigenvalue weighted by atomic mass is 16.5. The number of urea groups is 1. The molecule has 6 nitrogen and oxygen atoms in total. The van der Waals surface area contributed by atoms with Crippen LogP contribution >= 0.6 is 0 Å². The number of unbranched alkanes of at least 4 members (excludes halogenated alkanes) is 1. The third kappa shape index (κ3) is 5.29. The molecule has 0 aromatic heterocycles. The molecule has 186 valence electrons. The lowest BCUT2D eigenvalue weighted by molar-refractivity contribution is -0.115. The summed E-state index contributed by atoms with van der Waals surface area (Å²) >= 11 is 0. The lowest BCUT2D eigenvalue weighted by Gasteiger charge is -2.32. The molecule has 2 aliphatic heterocycles. The number of amides is 3. The van der Waals surface area contributed by atoms with E-state index < -0.39 is 0 Å². The van der Waals surface area contributed by atoms with Crippen molar-refractivity contribution in [1.82, 2.24) is 4.90 Å². The number of anilines is 2. The van der Waals surface area contributed by atoms with E-state index in [2.05, 4.69) is 11.8 Å². The smallest absolute Gasteiger partial charge is 0.336 e. The average Bonchev–Trinajstić information content (AvgIpc) is 3.23. The zero-order valence-electron chi connectivity index (χ0n) is 20.8. The van der Waals surface area contributed by atoms with E-state index in [-0.39, 0.29) is 24.6 Å². The second kappa shape index (κ2) is 11.0. The molecule has 2 saturated heterocycles. The van der Waals surface area contributed by atoms with Gasteiger partial charge >= 0.3 is 6.03 Å². The normalized spacial score (nSPS) is 17.1. The van der Waals surface area contributed by atoms with Gasteiger partial charge in [0.15, 0.2) is 0 Å². The second-order valence-corrected chi connectivity index (χ2v) is 9.52. The van der Waals surface area contributed by atoms with Crippen LogP contribution in [-0.2, 0) is 4.79 Å². The number of imide groups is 1. The first kappa shape index (κ1) is 24.1.